The van der Waals surface area contributed by atoms with Crippen LogP contribution in [0.5, 0.6) is 0 Å². The molecule has 1 rings (SSSR count). The Labute approximate surface area is 120 Å². The lowest BCUT2D eigenvalue weighted by Crippen LogP contribution is -2.28. The molecule has 0 aliphatic rings. The van der Waals surface area contributed by atoms with Crippen LogP contribution in [0.4, 0.5) is 0 Å². The summed E-state index contributed by atoms with van der Waals surface area (Å²) in [6.45, 7) is 4.55. The molecule has 1 amide bonds. The monoisotopic (exact) mass is 299 g/mol. The van der Waals surface area contributed by atoms with Gasteiger partial charge in [-0.2, -0.15) is 0 Å². The number of benzene rings is 1. The molecular formula is C13H21N3O3S. The number of primary sulfonamides is 1. The van der Waals surface area contributed by atoms with Crippen LogP contribution in [0.1, 0.15) is 23.7 Å². The van der Waals surface area contributed by atoms with Crippen LogP contribution in [0.25, 0.3) is 0 Å². The number of carbonyl (C=O) groups is 1. The summed E-state index contributed by atoms with van der Waals surface area (Å²) in [5.74, 6) is -0.217. The van der Waals surface area contributed by atoms with Gasteiger partial charge in [0.2, 0.25) is 10.0 Å². The Kier molecular flexibility index (Phi) is 6.12. The quantitative estimate of drug-likeness (QED) is 0.713. The minimum absolute atomic E-state index is 0.00128. The maximum absolute atomic E-state index is 11.8. The van der Waals surface area contributed by atoms with Gasteiger partial charge in [-0.3, -0.25) is 4.79 Å². The smallest absolute Gasteiger partial charge is 0.251 e. The van der Waals surface area contributed by atoms with Crippen molar-refractivity contribution >= 4 is 15.9 Å². The van der Waals surface area contributed by atoms with Crippen molar-refractivity contribution in [2.75, 3.05) is 26.7 Å². The maximum Gasteiger partial charge on any atom is 0.251 e. The second-order valence-electron chi connectivity index (χ2n) is 4.57. The van der Waals surface area contributed by atoms with Crippen molar-refractivity contribution in [1.29, 1.82) is 0 Å². The largest absolute Gasteiger partial charge is 0.352 e. The van der Waals surface area contributed by atoms with Gasteiger partial charge in [-0.15, -0.1) is 0 Å². The van der Waals surface area contributed by atoms with E-state index in [1.54, 1.807) is 0 Å². The molecule has 0 bridgehead atoms. The van der Waals surface area contributed by atoms with E-state index >= 15 is 0 Å². The van der Waals surface area contributed by atoms with Crippen LogP contribution in [-0.2, 0) is 10.0 Å². The molecule has 0 saturated heterocycles. The molecule has 0 saturated carbocycles. The van der Waals surface area contributed by atoms with Crippen molar-refractivity contribution in [3.63, 3.8) is 0 Å². The third kappa shape index (κ3) is 5.28. The molecule has 0 unspecified atom stereocenters. The molecule has 0 heterocycles. The number of sulfonamides is 1. The number of amides is 1. The number of nitrogens with two attached hydrogens (primary N) is 1. The number of nitrogens with one attached hydrogen (secondary N) is 1. The third-order valence-corrected chi connectivity index (χ3v) is 3.92. The summed E-state index contributed by atoms with van der Waals surface area (Å²) in [6.07, 6.45) is 0.866. The second kappa shape index (κ2) is 7.37. The van der Waals surface area contributed by atoms with Gasteiger partial charge in [0.1, 0.15) is 0 Å². The van der Waals surface area contributed by atoms with Gasteiger partial charge in [0, 0.05) is 12.1 Å². The molecule has 6 nitrogen and oxygen atoms in total. The second-order valence-corrected chi connectivity index (χ2v) is 6.14. The van der Waals surface area contributed by atoms with Gasteiger partial charge in [0.25, 0.3) is 5.91 Å². The Balaban J connectivity index is 2.48. The average molecular weight is 299 g/mol. The Morgan fingerprint density at radius 3 is 2.40 bits per heavy atom. The normalized spacial score (nSPS) is 11.6. The highest BCUT2D eigenvalue weighted by Crippen LogP contribution is 2.08. The number of hydrogen-bond donors (Lipinski definition) is 2. The van der Waals surface area contributed by atoms with Gasteiger partial charge in [-0.1, -0.05) is 6.92 Å². The van der Waals surface area contributed by atoms with E-state index in [0.717, 1.165) is 19.5 Å². The van der Waals surface area contributed by atoms with E-state index in [9.17, 15) is 13.2 Å². The number of hydrogen-bond acceptors (Lipinski definition) is 4. The van der Waals surface area contributed by atoms with Gasteiger partial charge in [0.15, 0.2) is 0 Å². The van der Waals surface area contributed by atoms with Crippen molar-refractivity contribution < 1.29 is 13.2 Å². The van der Waals surface area contributed by atoms with Gasteiger partial charge >= 0.3 is 0 Å². The van der Waals surface area contributed by atoms with Gasteiger partial charge in [0.05, 0.1) is 4.90 Å². The van der Waals surface area contributed by atoms with Crippen molar-refractivity contribution in [3.05, 3.63) is 29.8 Å². The highest BCUT2D eigenvalue weighted by molar-refractivity contribution is 7.89. The number of nitrogens with zero attached hydrogens (tertiary/aromatic N) is 1. The van der Waals surface area contributed by atoms with Crippen molar-refractivity contribution in [2.24, 2.45) is 5.14 Å². The predicted molar refractivity (Wildman–Crippen MR) is 77.9 cm³/mol. The molecule has 0 aliphatic heterocycles. The maximum atomic E-state index is 11.8. The number of rotatable bonds is 7. The van der Waals surface area contributed by atoms with Crippen molar-refractivity contribution in [2.45, 2.75) is 18.2 Å². The Morgan fingerprint density at radius 1 is 1.30 bits per heavy atom. The first-order chi connectivity index (χ1) is 9.34. The first-order valence-electron chi connectivity index (χ1n) is 6.44. The fourth-order valence-electron chi connectivity index (χ4n) is 1.61. The summed E-state index contributed by atoms with van der Waals surface area (Å²) in [5, 5.41) is 7.78. The Hall–Kier alpha value is -1.44. The summed E-state index contributed by atoms with van der Waals surface area (Å²) >= 11 is 0. The minimum atomic E-state index is -3.72. The molecule has 0 aromatic heterocycles. The molecule has 0 atom stereocenters. The first kappa shape index (κ1) is 16.6. The lowest BCUT2D eigenvalue weighted by Gasteiger charge is -2.13. The van der Waals surface area contributed by atoms with Crippen LogP contribution in [0, 0.1) is 0 Å². The molecule has 1 aromatic carbocycles. The molecule has 112 valence electrons. The summed E-state index contributed by atoms with van der Waals surface area (Å²) in [5.41, 5.74) is 0.418. The van der Waals surface area contributed by atoms with E-state index in [2.05, 4.69) is 17.1 Å². The SMILES string of the molecule is CCN(C)CCCNC(=O)c1ccc(S(N)(=O)=O)cc1. The van der Waals surface area contributed by atoms with E-state index in [1.807, 2.05) is 7.05 Å². The zero-order valence-electron chi connectivity index (χ0n) is 11.8. The van der Waals surface area contributed by atoms with Gasteiger partial charge < -0.3 is 10.2 Å². The zero-order chi connectivity index (χ0) is 15.2. The number of carbonyl (C=O) groups excluding carboxylic acids is 1. The molecule has 3 N–H and O–H groups in total. The standard InChI is InChI=1S/C13H21N3O3S/c1-3-16(2)10-4-9-15-13(17)11-5-7-12(8-6-11)20(14,18)19/h5-8H,3-4,9-10H2,1-2H3,(H,15,17)(H2,14,18,19). The molecular weight excluding hydrogens is 278 g/mol. The molecule has 0 fully saturated rings. The topological polar surface area (TPSA) is 92.5 Å². The molecule has 20 heavy (non-hydrogen) atoms. The van der Waals surface area contributed by atoms with Crippen LogP contribution in [-0.4, -0.2) is 45.9 Å². The highest BCUT2D eigenvalue weighted by atomic mass is 32.2. The summed E-state index contributed by atoms with van der Waals surface area (Å²) in [6, 6.07) is 5.56. The molecule has 0 radical (unpaired) electrons. The lowest BCUT2D eigenvalue weighted by atomic mass is 10.2. The fourth-order valence-corrected chi connectivity index (χ4v) is 2.12. The summed E-state index contributed by atoms with van der Waals surface area (Å²) < 4.78 is 22.2. The van der Waals surface area contributed by atoms with Crippen LogP contribution >= 0.6 is 0 Å². The van der Waals surface area contributed by atoms with Gasteiger partial charge in [-0.25, -0.2) is 13.6 Å². The molecule has 7 heteroatoms. The van der Waals surface area contributed by atoms with Crippen LogP contribution < -0.4 is 10.5 Å². The lowest BCUT2D eigenvalue weighted by molar-refractivity contribution is 0.0952. The van der Waals surface area contributed by atoms with Crippen LogP contribution in [0.3, 0.4) is 0 Å². The van der Waals surface area contributed by atoms with E-state index in [-0.39, 0.29) is 10.8 Å². The van der Waals surface area contributed by atoms with Gasteiger partial charge in [-0.05, 0) is 50.8 Å². The third-order valence-electron chi connectivity index (χ3n) is 2.99. The van der Waals surface area contributed by atoms with E-state index in [1.165, 1.54) is 24.3 Å². The van der Waals surface area contributed by atoms with E-state index in [0.29, 0.717) is 12.1 Å². The van der Waals surface area contributed by atoms with Crippen LogP contribution in [0.2, 0.25) is 0 Å². The first-order valence-corrected chi connectivity index (χ1v) is 7.99. The molecule has 1 aromatic rings. The van der Waals surface area contributed by atoms with E-state index < -0.39 is 10.0 Å². The average Bonchev–Trinajstić information content (AvgIpc) is 2.42. The summed E-state index contributed by atoms with van der Waals surface area (Å²) in [7, 11) is -1.69. The zero-order valence-corrected chi connectivity index (χ0v) is 12.6. The van der Waals surface area contributed by atoms with Crippen LogP contribution in [0.15, 0.2) is 29.2 Å². The fraction of sp³-hybridized carbons (Fsp3) is 0.462. The molecule has 0 spiro atoms. The van der Waals surface area contributed by atoms with E-state index in [4.69, 9.17) is 5.14 Å². The predicted octanol–water partition coefficient (Wildman–Crippen LogP) is 0.406. The van der Waals surface area contributed by atoms with Crippen molar-refractivity contribution in [3.8, 4) is 0 Å². The minimum Gasteiger partial charge on any atom is -0.352 e. The van der Waals surface area contributed by atoms with Crippen molar-refractivity contribution in [1.82, 2.24) is 10.2 Å². The Morgan fingerprint density at radius 2 is 1.90 bits per heavy atom. The highest BCUT2D eigenvalue weighted by Gasteiger charge is 2.09. The Bertz CT molecular complexity index is 540. The summed E-state index contributed by atoms with van der Waals surface area (Å²) in [4.78, 5) is 14.0. The molecule has 0 aliphatic carbocycles.